The van der Waals surface area contributed by atoms with Crippen LogP contribution in [-0.4, -0.2) is 35.1 Å². The highest BCUT2D eigenvalue weighted by molar-refractivity contribution is 5.13. The van der Waals surface area contributed by atoms with Crippen molar-refractivity contribution in [1.82, 2.24) is 14.9 Å². The van der Waals surface area contributed by atoms with Crippen molar-refractivity contribution in [2.75, 3.05) is 20.2 Å². The molecule has 1 heterocycles. The van der Waals surface area contributed by atoms with Gasteiger partial charge in [-0.25, -0.2) is 0 Å². The van der Waals surface area contributed by atoms with Gasteiger partial charge in [0.05, 0.1) is 12.3 Å². The van der Waals surface area contributed by atoms with Gasteiger partial charge in [-0.05, 0) is 19.0 Å². The number of aromatic nitrogens is 2. The van der Waals surface area contributed by atoms with Gasteiger partial charge < -0.3 is 9.64 Å². The first-order valence-electron chi connectivity index (χ1n) is 6.90. The number of benzene rings is 1. The molecule has 0 aliphatic carbocycles. The smallest absolute Gasteiger partial charge is 0.0726 e. The summed E-state index contributed by atoms with van der Waals surface area (Å²) in [5.74, 6) is 0. The minimum absolute atomic E-state index is 0.689. The first-order chi connectivity index (χ1) is 9.84. The highest BCUT2D eigenvalue weighted by Gasteiger charge is 2.01. The Hall–Kier alpha value is -1.78. The van der Waals surface area contributed by atoms with Crippen LogP contribution in [0.25, 0.3) is 0 Å². The van der Waals surface area contributed by atoms with Gasteiger partial charge in [0.25, 0.3) is 0 Å². The molecule has 0 radical (unpaired) electrons. The molecule has 0 spiro atoms. The number of rotatable bonds is 8. The molecule has 0 aliphatic rings. The van der Waals surface area contributed by atoms with Gasteiger partial charge in [-0.3, -0.25) is 9.97 Å². The molecule has 0 saturated carbocycles. The van der Waals surface area contributed by atoms with E-state index in [1.807, 2.05) is 24.4 Å². The van der Waals surface area contributed by atoms with E-state index in [2.05, 4.69) is 34.0 Å². The fourth-order valence-electron chi connectivity index (χ4n) is 1.97. The minimum atomic E-state index is 0.689. The van der Waals surface area contributed by atoms with E-state index in [-0.39, 0.29) is 0 Å². The highest BCUT2D eigenvalue weighted by atomic mass is 16.5. The lowest BCUT2D eigenvalue weighted by molar-refractivity contribution is 0.110. The molecule has 4 heteroatoms. The summed E-state index contributed by atoms with van der Waals surface area (Å²) in [4.78, 5) is 10.6. The summed E-state index contributed by atoms with van der Waals surface area (Å²) < 4.78 is 5.67. The van der Waals surface area contributed by atoms with Gasteiger partial charge in [0.1, 0.15) is 0 Å². The molecule has 0 atom stereocenters. The van der Waals surface area contributed by atoms with Gasteiger partial charge in [-0.15, -0.1) is 0 Å². The molecular weight excluding hydrogens is 250 g/mol. The summed E-state index contributed by atoms with van der Waals surface area (Å²) >= 11 is 0. The van der Waals surface area contributed by atoms with Gasteiger partial charge in [0.15, 0.2) is 0 Å². The molecule has 0 bridgehead atoms. The Bertz CT molecular complexity index is 476. The van der Waals surface area contributed by atoms with Crippen LogP contribution in [0.1, 0.15) is 17.7 Å². The zero-order valence-electron chi connectivity index (χ0n) is 11.9. The molecule has 20 heavy (non-hydrogen) atoms. The van der Waals surface area contributed by atoms with Crippen LogP contribution in [0.2, 0.25) is 0 Å². The Labute approximate surface area is 120 Å². The fraction of sp³-hybridized carbons (Fsp3) is 0.375. The van der Waals surface area contributed by atoms with Crippen LogP contribution in [0, 0.1) is 0 Å². The topological polar surface area (TPSA) is 38.2 Å². The molecule has 1 aromatic heterocycles. The number of hydrogen-bond acceptors (Lipinski definition) is 4. The van der Waals surface area contributed by atoms with Crippen molar-refractivity contribution < 1.29 is 4.74 Å². The lowest BCUT2D eigenvalue weighted by Gasteiger charge is -2.15. The molecule has 4 nitrogen and oxygen atoms in total. The van der Waals surface area contributed by atoms with Crippen molar-refractivity contribution >= 4 is 0 Å². The molecule has 0 amide bonds. The Morgan fingerprint density at radius 2 is 2.00 bits per heavy atom. The van der Waals surface area contributed by atoms with Crippen LogP contribution in [-0.2, 0) is 17.9 Å². The van der Waals surface area contributed by atoms with Crippen LogP contribution in [0.3, 0.4) is 0 Å². The summed E-state index contributed by atoms with van der Waals surface area (Å²) in [6.07, 6.45) is 6.25. The van der Waals surface area contributed by atoms with Gasteiger partial charge in [0.2, 0.25) is 0 Å². The molecule has 2 rings (SSSR count). The predicted molar refractivity (Wildman–Crippen MR) is 79.1 cm³/mol. The SMILES string of the molecule is CN(CCCOCc1ccccc1)Cc1cnccn1. The highest BCUT2D eigenvalue weighted by Crippen LogP contribution is 2.02. The number of nitrogens with zero attached hydrogens (tertiary/aromatic N) is 3. The summed E-state index contributed by atoms with van der Waals surface area (Å²) in [5.41, 5.74) is 2.22. The second kappa shape index (κ2) is 8.40. The Morgan fingerprint density at radius 3 is 2.75 bits per heavy atom. The van der Waals surface area contributed by atoms with Gasteiger partial charge in [-0.2, -0.15) is 0 Å². The first-order valence-corrected chi connectivity index (χ1v) is 6.90. The zero-order valence-corrected chi connectivity index (χ0v) is 11.9. The van der Waals surface area contributed by atoms with E-state index in [0.29, 0.717) is 6.61 Å². The standard InChI is InChI=1S/C16H21N3O/c1-19(13-16-12-17-8-9-18-16)10-5-11-20-14-15-6-3-2-4-7-15/h2-4,6-9,12H,5,10-11,13-14H2,1H3. The summed E-state index contributed by atoms with van der Waals surface area (Å²) in [5, 5.41) is 0. The summed E-state index contributed by atoms with van der Waals surface area (Å²) in [7, 11) is 2.09. The largest absolute Gasteiger partial charge is 0.377 e. The van der Waals surface area contributed by atoms with E-state index >= 15 is 0 Å². The summed E-state index contributed by atoms with van der Waals surface area (Å²) in [6.45, 7) is 3.28. The normalized spacial score (nSPS) is 10.9. The van der Waals surface area contributed by atoms with E-state index in [9.17, 15) is 0 Å². The van der Waals surface area contributed by atoms with Gasteiger partial charge >= 0.3 is 0 Å². The Morgan fingerprint density at radius 1 is 1.15 bits per heavy atom. The first kappa shape index (κ1) is 14.6. The maximum absolute atomic E-state index is 5.67. The Balaban J connectivity index is 1.57. The maximum atomic E-state index is 5.67. The van der Waals surface area contributed by atoms with E-state index in [1.165, 1.54) is 5.56 Å². The quantitative estimate of drug-likeness (QED) is 0.691. The molecule has 1 aromatic carbocycles. The van der Waals surface area contributed by atoms with Crippen molar-refractivity contribution in [3.05, 3.63) is 60.2 Å². The van der Waals surface area contributed by atoms with Gasteiger partial charge in [-0.1, -0.05) is 30.3 Å². The van der Waals surface area contributed by atoms with Crippen LogP contribution >= 0.6 is 0 Å². The third kappa shape index (κ3) is 5.47. The predicted octanol–water partition coefficient (Wildman–Crippen LogP) is 2.52. The number of hydrogen-bond donors (Lipinski definition) is 0. The second-order valence-corrected chi connectivity index (χ2v) is 4.83. The molecular formula is C16H21N3O. The molecule has 0 unspecified atom stereocenters. The molecule has 106 valence electrons. The fourth-order valence-corrected chi connectivity index (χ4v) is 1.97. The van der Waals surface area contributed by atoms with Crippen LogP contribution in [0.15, 0.2) is 48.9 Å². The molecule has 0 N–H and O–H groups in total. The molecule has 0 saturated heterocycles. The maximum Gasteiger partial charge on any atom is 0.0726 e. The lowest BCUT2D eigenvalue weighted by atomic mass is 10.2. The second-order valence-electron chi connectivity index (χ2n) is 4.83. The molecule has 0 fully saturated rings. The molecule has 0 aliphatic heterocycles. The van der Waals surface area contributed by atoms with E-state index in [0.717, 1.165) is 31.8 Å². The Kier molecular flexibility index (Phi) is 6.14. The van der Waals surface area contributed by atoms with Crippen LogP contribution in [0.4, 0.5) is 0 Å². The van der Waals surface area contributed by atoms with Crippen LogP contribution < -0.4 is 0 Å². The third-order valence-corrected chi connectivity index (χ3v) is 2.99. The number of ether oxygens (including phenoxy) is 1. The average molecular weight is 271 g/mol. The minimum Gasteiger partial charge on any atom is -0.377 e. The summed E-state index contributed by atoms with van der Waals surface area (Å²) in [6, 6.07) is 10.3. The zero-order chi connectivity index (χ0) is 14.0. The van der Waals surface area contributed by atoms with Crippen molar-refractivity contribution in [2.45, 2.75) is 19.6 Å². The van der Waals surface area contributed by atoms with Crippen molar-refractivity contribution in [1.29, 1.82) is 0 Å². The third-order valence-electron chi connectivity index (χ3n) is 2.99. The van der Waals surface area contributed by atoms with E-state index in [1.54, 1.807) is 12.4 Å². The van der Waals surface area contributed by atoms with E-state index < -0.39 is 0 Å². The lowest BCUT2D eigenvalue weighted by Crippen LogP contribution is -2.21. The van der Waals surface area contributed by atoms with E-state index in [4.69, 9.17) is 4.74 Å². The van der Waals surface area contributed by atoms with Crippen molar-refractivity contribution in [3.8, 4) is 0 Å². The van der Waals surface area contributed by atoms with Gasteiger partial charge in [0, 0.05) is 38.3 Å². The van der Waals surface area contributed by atoms with Crippen molar-refractivity contribution in [2.24, 2.45) is 0 Å². The van der Waals surface area contributed by atoms with Crippen LogP contribution in [0.5, 0.6) is 0 Å². The average Bonchev–Trinajstić information content (AvgIpc) is 2.49. The molecule has 2 aromatic rings. The monoisotopic (exact) mass is 271 g/mol. The van der Waals surface area contributed by atoms with Crippen molar-refractivity contribution in [3.63, 3.8) is 0 Å².